The molecule has 0 atom stereocenters. The van der Waals surface area contributed by atoms with E-state index in [2.05, 4.69) is 9.97 Å². The van der Waals surface area contributed by atoms with Crippen LogP contribution in [0.2, 0.25) is 0 Å². The molecule has 0 amide bonds. The van der Waals surface area contributed by atoms with Crippen LogP contribution in [0.3, 0.4) is 0 Å². The molecule has 2 heterocycles. The number of benzene rings is 2. The Hall–Kier alpha value is -3.38. The van der Waals surface area contributed by atoms with Gasteiger partial charge in [0.25, 0.3) is 0 Å². The number of halogens is 2. The smallest absolute Gasteiger partial charge is 0.321 e. The molecular weight excluding hydrogens is 396 g/mol. The van der Waals surface area contributed by atoms with Crippen molar-refractivity contribution in [3.8, 4) is 6.07 Å². The van der Waals surface area contributed by atoms with Crippen LogP contribution in [0.15, 0.2) is 59.4 Å². The summed E-state index contributed by atoms with van der Waals surface area (Å²) >= 11 is 0.936. The Bertz CT molecular complexity index is 1290. The summed E-state index contributed by atoms with van der Waals surface area (Å²) in [5.74, 6) is -0.0276. The molecule has 4 rings (SSSR count). The zero-order valence-electron chi connectivity index (χ0n) is 15.3. The molecule has 2 aromatic carbocycles. The van der Waals surface area contributed by atoms with Crippen molar-refractivity contribution in [3.05, 3.63) is 60.1 Å². The monoisotopic (exact) mass is 411 g/mol. The van der Waals surface area contributed by atoms with Gasteiger partial charge < -0.3 is 9.67 Å². The SMILES string of the molecule is Cn1c(C(C#N)=C(O)CSc2nc3ccccc3n2C(F)F)nc2ccccc21. The van der Waals surface area contributed by atoms with Crippen LogP contribution in [-0.4, -0.2) is 30.0 Å². The Morgan fingerprint density at radius 1 is 1.10 bits per heavy atom. The Morgan fingerprint density at radius 3 is 2.34 bits per heavy atom. The molecule has 0 saturated carbocycles. The molecule has 0 unspecified atom stereocenters. The molecule has 0 aliphatic carbocycles. The quantitative estimate of drug-likeness (QED) is 0.287. The Labute approximate surface area is 168 Å². The van der Waals surface area contributed by atoms with Crippen molar-refractivity contribution in [3.63, 3.8) is 0 Å². The minimum Gasteiger partial charge on any atom is -0.510 e. The lowest BCUT2D eigenvalue weighted by molar-refractivity contribution is 0.0656. The van der Waals surface area contributed by atoms with Crippen molar-refractivity contribution in [2.75, 3.05) is 5.75 Å². The summed E-state index contributed by atoms with van der Waals surface area (Å²) in [6, 6.07) is 15.9. The number of nitrogens with zero attached hydrogens (tertiary/aromatic N) is 5. The van der Waals surface area contributed by atoms with Crippen LogP contribution in [-0.2, 0) is 7.05 Å². The second-order valence-electron chi connectivity index (χ2n) is 6.24. The topological polar surface area (TPSA) is 79.7 Å². The number of nitriles is 1. The lowest BCUT2D eigenvalue weighted by Crippen LogP contribution is -2.03. The van der Waals surface area contributed by atoms with Gasteiger partial charge in [-0.3, -0.25) is 4.57 Å². The molecule has 6 nitrogen and oxygen atoms in total. The van der Waals surface area contributed by atoms with Gasteiger partial charge in [0.05, 0.1) is 27.8 Å². The maximum atomic E-state index is 13.5. The van der Waals surface area contributed by atoms with E-state index in [-0.39, 0.29) is 22.2 Å². The number of rotatable bonds is 5. The highest BCUT2D eigenvalue weighted by Gasteiger charge is 2.20. The van der Waals surface area contributed by atoms with Gasteiger partial charge in [-0.05, 0) is 24.3 Å². The molecule has 0 aliphatic rings. The molecule has 4 aromatic rings. The maximum absolute atomic E-state index is 13.5. The summed E-state index contributed by atoms with van der Waals surface area (Å²) in [5, 5.41) is 20.2. The molecule has 0 aliphatic heterocycles. The number of imidazole rings is 2. The van der Waals surface area contributed by atoms with Gasteiger partial charge in [0.15, 0.2) is 11.0 Å². The fourth-order valence-electron chi connectivity index (χ4n) is 3.13. The Kier molecular flexibility index (Phi) is 4.94. The molecule has 0 spiro atoms. The van der Waals surface area contributed by atoms with Gasteiger partial charge in [0.1, 0.15) is 17.4 Å². The van der Waals surface area contributed by atoms with E-state index < -0.39 is 6.55 Å². The van der Waals surface area contributed by atoms with Crippen molar-refractivity contribution >= 4 is 39.4 Å². The number of alkyl halides is 2. The Morgan fingerprint density at radius 2 is 1.72 bits per heavy atom. The number of aromatic nitrogens is 4. The molecule has 0 bridgehead atoms. The third-order valence-corrected chi connectivity index (χ3v) is 5.47. The first-order valence-electron chi connectivity index (χ1n) is 8.63. The van der Waals surface area contributed by atoms with Crippen molar-refractivity contribution < 1.29 is 13.9 Å². The number of hydrogen-bond donors (Lipinski definition) is 1. The fourth-order valence-corrected chi connectivity index (χ4v) is 4.02. The lowest BCUT2D eigenvalue weighted by atomic mass is 10.2. The number of aryl methyl sites for hydroxylation is 1. The second kappa shape index (κ2) is 7.56. The van der Waals surface area contributed by atoms with Gasteiger partial charge in [-0.25, -0.2) is 9.97 Å². The van der Waals surface area contributed by atoms with Crippen LogP contribution in [0.5, 0.6) is 0 Å². The predicted molar refractivity (Wildman–Crippen MR) is 108 cm³/mol. The molecule has 0 saturated heterocycles. The zero-order chi connectivity index (χ0) is 20.5. The Balaban J connectivity index is 1.69. The van der Waals surface area contributed by atoms with E-state index >= 15 is 0 Å². The van der Waals surface area contributed by atoms with E-state index in [0.717, 1.165) is 21.8 Å². The largest absolute Gasteiger partial charge is 0.510 e. The number of aliphatic hydroxyl groups is 1. The molecule has 0 radical (unpaired) electrons. The van der Waals surface area contributed by atoms with Gasteiger partial charge >= 0.3 is 6.55 Å². The standard InChI is InChI=1S/C20H15F2N5OS/c1-26-15-8-4-2-6-13(15)24-18(26)12(10-23)17(28)11-29-20-25-14-7-3-5-9-16(14)27(20)19(21)22/h2-9,19,28H,11H2,1H3. The van der Waals surface area contributed by atoms with Crippen LogP contribution in [0.4, 0.5) is 8.78 Å². The summed E-state index contributed by atoms with van der Waals surface area (Å²) in [4.78, 5) is 8.64. The molecule has 29 heavy (non-hydrogen) atoms. The first kappa shape index (κ1) is 19.0. The van der Waals surface area contributed by atoms with Gasteiger partial charge in [0, 0.05) is 7.05 Å². The van der Waals surface area contributed by atoms with E-state index in [9.17, 15) is 19.1 Å². The van der Waals surface area contributed by atoms with Gasteiger partial charge in [0.2, 0.25) is 0 Å². The zero-order valence-corrected chi connectivity index (χ0v) is 16.1. The van der Waals surface area contributed by atoms with Crippen LogP contribution in [0.25, 0.3) is 27.6 Å². The highest BCUT2D eigenvalue weighted by atomic mass is 32.2. The third-order valence-electron chi connectivity index (χ3n) is 4.51. The van der Waals surface area contributed by atoms with E-state index in [1.54, 1.807) is 35.9 Å². The summed E-state index contributed by atoms with van der Waals surface area (Å²) < 4.78 is 29.6. The van der Waals surface area contributed by atoms with Crippen LogP contribution < -0.4 is 0 Å². The average Bonchev–Trinajstić information content (AvgIpc) is 3.25. The third kappa shape index (κ3) is 3.32. The van der Waals surface area contributed by atoms with Gasteiger partial charge in [-0.1, -0.05) is 36.0 Å². The molecule has 9 heteroatoms. The molecule has 2 aromatic heterocycles. The molecular formula is C20H15F2N5OS. The fraction of sp³-hybridized carbons (Fsp3) is 0.150. The van der Waals surface area contributed by atoms with Gasteiger partial charge in [-0.15, -0.1) is 0 Å². The highest BCUT2D eigenvalue weighted by Crippen LogP contribution is 2.31. The van der Waals surface area contributed by atoms with Crippen molar-refractivity contribution in [1.29, 1.82) is 5.26 Å². The van der Waals surface area contributed by atoms with E-state index in [1.165, 1.54) is 0 Å². The van der Waals surface area contributed by atoms with Crippen molar-refractivity contribution in [2.45, 2.75) is 11.7 Å². The van der Waals surface area contributed by atoms with E-state index in [0.29, 0.717) is 22.4 Å². The van der Waals surface area contributed by atoms with Crippen molar-refractivity contribution in [1.82, 2.24) is 19.1 Å². The minimum atomic E-state index is -2.77. The normalized spacial score (nSPS) is 12.5. The first-order valence-corrected chi connectivity index (χ1v) is 9.61. The number of hydrogen-bond acceptors (Lipinski definition) is 5. The summed E-state index contributed by atoms with van der Waals surface area (Å²) in [6.45, 7) is -2.77. The first-order chi connectivity index (χ1) is 14.0. The predicted octanol–water partition coefficient (Wildman–Crippen LogP) is 4.90. The van der Waals surface area contributed by atoms with Crippen LogP contribution in [0, 0.1) is 11.3 Å². The number of aliphatic hydroxyl groups excluding tert-OH is 1. The highest BCUT2D eigenvalue weighted by molar-refractivity contribution is 7.99. The number of fused-ring (bicyclic) bond motifs is 2. The number of para-hydroxylation sites is 4. The molecule has 1 N–H and O–H groups in total. The number of allylic oxidation sites excluding steroid dienone is 1. The lowest BCUT2D eigenvalue weighted by Gasteiger charge is -2.08. The molecule has 146 valence electrons. The summed E-state index contributed by atoms with van der Waals surface area (Å²) in [6.07, 6.45) is 0. The second-order valence-corrected chi connectivity index (χ2v) is 7.18. The average molecular weight is 411 g/mol. The van der Waals surface area contributed by atoms with Gasteiger partial charge in [-0.2, -0.15) is 14.0 Å². The van der Waals surface area contributed by atoms with Crippen molar-refractivity contribution in [2.24, 2.45) is 7.05 Å². The van der Waals surface area contributed by atoms with Crippen LogP contribution in [0.1, 0.15) is 12.4 Å². The summed E-state index contributed by atoms with van der Waals surface area (Å²) in [5.41, 5.74) is 2.25. The molecule has 0 fully saturated rings. The minimum absolute atomic E-state index is 0.00379. The number of thioether (sulfide) groups is 1. The maximum Gasteiger partial charge on any atom is 0.321 e. The van der Waals surface area contributed by atoms with E-state index in [4.69, 9.17) is 0 Å². The van der Waals surface area contributed by atoms with E-state index in [1.807, 2.05) is 30.3 Å². The summed E-state index contributed by atoms with van der Waals surface area (Å²) in [7, 11) is 1.75. The van der Waals surface area contributed by atoms with Crippen LogP contribution >= 0.6 is 11.8 Å².